The van der Waals surface area contributed by atoms with Crippen LogP contribution in [0.1, 0.15) is 0 Å². The summed E-state index contributed by atoms with van der Waals surface area (Å²) in [5.74, 6) is 0.872. The van der Waals surface area contributed by atoms with E-state index in [9.17, 15) is 0 Å². The molecule has 5 nitrogen and oxygen atoms in total. The van der Waals surface area contributed by atoms with Gasteiger partial charge in [0, 0.05) is 40.1 Å². The van der Waals surface area contributed by atoms with E-state index in [0.717, 1.165) is 55.6 Å². The second kappa shape index (κ2) is 6.39. The third kappa shape index (κ3) is 2.39. The first kappa shape index (κ1) is 16.7. The quantitative estimate of drug-likeness (QED) is 0.320. The van der Waals surface area contributed by atoms with E-state index in [0.29, 0.717) is 0 Å². The van der Waals surface area contributed by atoms with Gasteiger partial charge in [0.2, 0.25) is 0 Å². The third-order valence-corrected chi connectivity index (χ3v) is 5.41. The van der Waals surface area contributed by atoms with Crippen molar-refractivity contribution in [2.75, 3.05) is 5.73 Å². The molecule has 3 heterocycles. The zero-order valence-corrected chi connectivity index (χ0v) is 16.0. The smallest absolute Gasteiger partial charge is 0.145 e. The molecule has 3 aromatic carbocycles. The third-order valence-electron chi connectivity index (χ3n) is 5.41. The van der Waals surface area contributed by atoms with Crippen LogP contribution in [0.5, 0.6) is 0 Å². The van der Waals surface area contributed by atoms with E-state index >= 15 is 0 Å². The van der Waals surface area contributed by atoms with E-state index in [1.807, 2.05) is 60.8 Å². The molecule has 142 valence electrons. The first-order chi connectivity index (χ1) is 14.8. The van der Waals surface area contributed by atoms with Gasteiger partial charge in [-0.3, -0.25) is 14.5 Å². The number of hydrogen-bond acceptors (Lipinski definition) is 4. The number of nitrogen functional groups attached to an aromatic ring is 1. The molecule has 0 radical (unpaired) electrons. The predicted octanol–water partition coefficient (Wildman–Crippen LogP) is 5.37. The van der Waals surface area contributed by atoms with Crippen molar-refractivity contribution in [1.29, 1.82) is 0 Å². The van der Waals surface area contributed by atoms with Crippen molar-refractivity contribution in [3.05, 3.63) is 91.3 Å². The van der Waals surface area contributed by atoms with Crippen LogP contribution in [0.3, 0.4) is 0 Å². The molecule has 2 N–H and O–H groups in total. The lowest BCUT2D eigenvalue weighted by atomic mass is 10.1. The van der Waals surface area contributed by atoms with Gasteiger partial charge >= 0.3 is 0 Å². The summed E-state index contributed by atoms with van der Waals surface area (Å²) >= 11 is 0. The zero-order chi connectivity index (χ0) is 20.1. The first-order valence-electron chi connectivity index (χ1n) is 9.76. The summed E-state index contributed by atoms with van der Waals surface area (Å²) in [6.07, 6.45) is 3.61. The number of rotatable bonds is 2. The Hall–Kier alpha value is -4.25. The molecule has 0 aliphatic rings. The maximum atomic E-state index is 5.96. The molecule has 0 aliphatic carbocycles. The number of aromatic nitrogens is 4. The van der Waals surface area contributed by atoms with Crippen molar-refractivity contribution < 1.29 is 0 Å². The fourth-order valence-electron chi connectivity index (χ4n) is 4.08. The lowest BCUT2D eigenvalue weighted by Gasteiger charge is -2.12. The summed E-state index contributed by atoms with van der Waals surface area (Å²) < 4.78 is 2.19. The topological polar surface area (TPSA) is 69.6 Å². The highest BCUT2D eigenvalue weighted by Crippen LogP contribution is 2.37. The summed E-state index contributed by atoms with van der Waals surface area (Å²) in [5.41, 5.74) is 12.4. The van der Waals surface area contributed by atoms with E-state index in [4.69, 9.17) is 10.7 Å². The number of nitrogens with zero attached hydrogens (tertiary/aromatic N) is 4. The molecule has 6 aromatic rings. The molecule has 0 atom stereocenters. The maximum absolute atomic E-state index is 5.96. The Labute approximate surface area is 172 Å². The van der Waals surface area contributed by atoms with Crippen LogP contribution in [0.4, 0.5) is 5.69 Å². The minimum atomic E-state index is 0.727. The fraction of sp³-hybridized carbons (Fsp3) is 0. The number of hydrogen-bond donors (Lipinski definition) is 1. The van der Waals surface area contributed by atoms with E-state index in [-0.39, 0.29) is 0 Å². The summed E-state index contributed by atoms with van der Waals surface area (Å²) in [6, 6.07) is 26.2. The highest BCUT2D eigenvalue weighted by molar-refractivity contribution is 6.21. The minimum Gasteiger partial charge on any atom is -0.399 e. The van der Waals surface area contributed by atoms with Gasteiger partial charge in [0.25, 0.3) is 0 Å². The van der Waals surface area contributed by atoms with Crippen molar-refractivity contribution in [3.63, 3.8) is 0 Å². The zero-order valence-electron chi connectivity index (χ0n) is 16.0. The lowest BCUT2D eigenvalue weighted by molar-refractivity contribution is 1.11. The van der Waals surface area contributed by atoms with Crippen LogP contribution in [-0.2, 0) is 0 Å². The van der Waals surface area contributed by atoms with Gasteiger partial charge in [-0.2, -0.15) is 0 Å². The van der Waals surface area contributed by atoms with Crippen molar-refractivity contribution >= 4 is 38.5 Å². The van der Waals surface area contributed by atoms with Crippen LogP contribution in [-0.4, -0.2) is 19.5 Å². The average Bonchev–Trinajstić information content (AvgIpc) is 3.21. The van der Waals surface area contributed by atoms with Crippen LogP contribution in [0.25, 0.3) is 49.9 Å². The Kier molecular flexibility index (Phi) is 3.55. The second-order valence-corrected chi connectivity index (χ2v) is 7.22. The van der Waals surface area contributed by atoms with Crippen LogP contribution in [0.2, 0.25) is 0 Å². The number of pyridine rings is 2. The molecule has 0 bridgehead atoms. The van der Waals surface area contributed by atoms with E-state index in [1.54, 1.807) is 6.20 Å². The standard InChI is InChI=1S/C25H17N5/c26-17-10-12-18(13-11-17)30-24-20-9-5-15-28-22(20)21-19(8-4-14-27-21)23(24)29-25(30)16-6-2-1-3-7-16/h1-15H,26H2. The van der Waals surface area contributed by atoms with Gasteiger partial charge in [-0.25, -0.2) is 4.98 Å². The number of benzene rings is 3. The summed E-state index contributed by atoms with van der Waals surface area (Å²) in [7, 11) is 0. The van der Waals surface area contributed by atoms with Gasteiger partial charge in [-0.05, 0) is 48.5 Å². The number of fused-ring (bicyclic) bond motifs is 6. The van der Waals surface area contributed by atoms with E-state index in [1.165, 1.54) is 0 Å². The fourth-order valence-corrected chi connectivity index (χ4v) is 4.08. The van der Waals surface area contributed by atoms with Crippen molar-refractivity contribution in [1.82, 2.24) is 19.5 Å². The van der Waals surface area contributed by atoms with Gasteiger partial charge in [-0.1, -0.05) is 30.3 Å². The molecule has 30 heavy (non-hydrogen) atoms. The number of nitrogens with two attached hydrogens (primary N) is 1. The first-order valence-corrected chi connectivity index (χ1v) is 9.76. The van der Waals surface area contributed by atoms with Crippen LogP contribution in [0, 0.1) is 0 Å². The molecule has 0 saturated carbocycles. The molecule has 0 amide bonds. The van der Waals surface area contributed by atoms with E-state index < -0.39 is 0 Å². The normalized spacial score (nSPS) is 11.5. The molecule has 5 heteroatoms. The summed E-state index contributed by atoms with van der Waals surface area (Å²) in [4.78, 5) is 14.4. The Balaban J connectivity index is 1.87. The lowest BCUT2D eigenvalue weighted by Crippen LogP contribution is -1.99. The molecule has 0 spiro atoms. The summed E-state index contributed by atoms with van der Waals surface area (Å²) in [6.45, 7) is 0. The summed E-state index contributed by atoms with van der Waals surface area (Å²) in [5, 5.41) is 2.01. The molecule has 0 aliphatic heterocycles. The minimum absolute atomic E-state index is 0.727. The molecular weight excluding hydrogens is 370 g/mol. The highest BCUT2D eigenvalue weighted by Gasteiger charge is 2.20. The monoisotopic (exact) mass is 387 g/mol. The van der Waals surface area contributed by atoms with E-state index in [2.05, 4.69) is 38.8 Å². The van der Waals surface area contributed by atoms with Crippen molar-refractivity contribution in [2.45, 2.75) is 0 Å². The molecule has 3 aromatic heterocycles. The second-order valence-electron chi connectivity index (χ2n) is 7.22. The average molecular weight is 387 g/mol. The molecule has 0 fully saturated rings. The molecule has 6 rings (SSSR count). The molecular formula is C25H17N5. The Morgan fingerprint density at radius 2 is 1.30 bits per heavy atom. The maximum Gasteiger partial charge on any atom is 0.145 e. The number of imidazole rings is 1. The molecule has 0 saturated heterocycles. The van der Waals surface area contributed by atoms with Crippen molar-refractivity contribution in [3.8, 4) is 17.1 Å². The SMILES string of the molecule is Nc1ccc(-n2c(-c3ccccc3)nc3c4cccnc4c4ncccc4c32)cc1. The Bertz CT molecular complexity index is 1530. The van der Waals surface area contributed by atoms with Crippen LogP contribution in [0.15, 0.2) is 91.3 Å². The van der Waals surface area contributed by atoms with Crippen LogP contribution < -0.4 is 5.73 Å². The van der Waals surface area contributed by atoms with Crippen molar-refractivity contribution in [2.24, 2.45) is 0 Å². The predicted molar refractivity (Wildman–Crippen MR) is 122 cm³/mol. The Morgan fingerprint density at radius 3 is 2.03 bits per heavy atom. The van der Waals surface area contributed by atoms with Gasteiger partial charge in [0.15, 0.2) is 0 Å². The van der Waals surface area contributed by atoms with Gasteiger partial charge in [-0.15, -0.1) is 0 Å². The van der Waals surface area contributed by atoms with Gasteiger partial charge in [0.1, 0.15) is 5.82 Å². The van der Waals surface area contributed by atoms with Gasteiger partial charge in [0.05, 0.1) is 22.1 Å². The highest BCUT2D eigenvalue weighted by atomic mass is 15.1. The molecule has 0 unspecified atom stereocenters. The van der Waals surface area contributed by atoms with Gasteiger partial charge < -0.3 is 5.73 Å². The number of anilines is 1. The largest absolute Gasteiger partial charge is 0.399 e. The Morgan fingerprint density at radius 1 is 0.633 bits per heavy atom. The van der Waals surface area contributed by atoms with Crippen LogP contribution >= 0.6 is 0 Å².